The van der Waals surface area contributed by atoms with Crippen LogP contribution in [0.5, 0.6) is 0 Å². The molecule has 0 saturated heterocycles. The van der Waals surface area contributed by atoms with Gasteiger partial charge < -0.3 is 4.98 Å². The van der Waals surface area contributed by atoms with Crippen LogP contribution in [-0.4, -0.2) is 36.3 Å². The summed E-state index contributed by atoms with van der Waals surface area (Å²) < 4.78 is 0. The van der Waals surface area contributed by atoms with Crippen molar-refractivity contribution >= 4 is 28.4 Å². The Balaban J connectivity index is 1.81. The SMILES string of the molecule is C=C/C=C(/c1ccccn1)c1nc(-c2n[nH]c3ccc(/C(C=NC=C)=C/C)nc23)[nH]c1C. The van der Waals surface area contributed by atoms with Gasteiger partial charge >= 0.3 is 0 Å². The van der Waals surface area contributed by atoms with Gasteiger partial charge in [-0.3, -0.25) is 15.1 Å². The van der Waals surface area contributed by atoms with E-state index in [1.54, 1.807) is 18.5 Å². The Labute approximate surface area is 186 Å². The van der Waals surface area contributed by atoms with E-state index in [0.29, 0.717) is 11.5 Å². The first kappa shape index (κ1) is 20.9. The fourth-order valence-electron chi connectivity index (χ4n) is 3.41. The lowest BCUT2D eigenvalue weighted by Gasteiger charge is -2.04. The minimum atomic E-state index is 0.626. The second-order valence-electron chi connectivity index (χ2n) is 6.96. The van der Waals surface area contributed by atoms with Crippen LogP contribution >= 0.6 is 0 Å². The van der Waals surface area contributed by atoms with E-state index in [-0.39, 0.29) is 0 Å². The predicted octanol–water partition coefficient (Wildman–Crippen LogP) is 5.29. The number of H-pyrrole nitrogens is 2. The molecule has 0 fully saturated rings. The summed E-state index contributed by atoms with van der Waals surface area (Å²) in [5, 5.41) is 7.52. The summed E-state index contributed by atoms with van der Waals surface area (Å²) in [5.41, 5.74) is 7.26. The van der Waals surface area contributed by atoms with Crippen LogP contribution in [0, 0.1) is 6.92 Å². The largest absolute Gasteiger partial charge is 0.340 e. The van der Waals surface area contributed by atoms with Crippen LogP contribution in [0.4, 0.5) is 0 Å². The Morgan fingerprint density at radius 3 is 2.69 bits per heavy atom. The molecule has 0 aliphatic rings. The fourth-order valence-corrected chi connectivity index (χ4v) is 3.41. The van der Waals surface area contributed by atoms with Gasteiger partial charge in [-0.1, -0.05) is 37.5 Å². The molecule has 7 nitrogen and oxygen atoms in total. The molecule has 4 heterocycles. The molecule has 158 valence electrons. The van der Waals surface area contributed by atoms with Crippen LogP contribution in [0.2, 0.25) is 0 Å². The number of aromatic nitrogens is 6. The summed E-state index contributed by atoms with van der Waals surface area (Å²) in [4.78, 5) is 21.6. The molecule has 0 unspecified atom stereocenters. The van der Waals surface area contributed by atoms with Crippen molar-refractivity contribution < 1.29 is 0 Å². The van der Waals surface area contributed by atoms with Gasteiger partial charge in [0.2, 0.25) is 0 Å². The van der Waals surface area contributed by atoms with E-state index in [2.05, 4.69) is 38.3 Å². The maximum Gasteiger partial charge on any atom is 0.161 e. The lowest BCUT2D eigenvalue weighted by molar-refractivity contribution is 1.10. The third-order valence-electron chi connectivity index (χ3n) is 4.92. The minimum Gasteiger partial charge on any atom is -0.340 e. The molecule has 4 aromatic heterocycles. The maximum absolute atomic E-state index is 4.85. The zero-order chi connectivity index (χ0) is 22.5. The standard InChI is InChI=1S/C25H23N7/c1-5-10-18(20-11-8-9-14-27-20)22-16(4)28-25(30-22)24-23-21(31-32-24)13-12-19(29-23)17(6-2)15-26-7-3/h5-15H,1,3H2,2,4H3,(H,28,30)(H,31,32)/b17-6+,18-10-,26-15?. The number of pyridine rings is 2. The molecule has 7 heteroatoms. The highest BCUT2D eigenvalue weighted by Crippen LogP contribution is 2.29. The number of rotatable bonds is 7. The van der Waals surface area contributed by atoms with Crippen molar-refractivity contribution in [2.24, 2.45) is 4.99 Å². The van der Waals surface area contributed by atoms with Crippen molar-refractivity contribution in [2.75, 3.05) is 0 Å². The van der Waals surface area contributed by atoms with Crippen LogP contribution < -0.4 is 0 Å². The molecule has 0 saturated carbocycles. The van der Waals surface area contributed by atoms with Crippen molar-refractivity contribution in [3.8, 4) is 11.5 Å². The van der Waals surface area contributed by atoms with E-state index in [1.807, 2.05) is 56.3 Å². The van der Waals surface area contributed by atoms with Gasteiger partial charge in [0.05, 0.1) is 22.6 Å². The lowest BCUT2D eigenvalue weighted by atomic mass is 10.1. The highest BCUT2D eigenvalue weighted by Gasteiger charge is 2.19. The van der Waals surface area contributed by atoms with Crippen molar-refractivity contribution in [1.29, 1.82) is 0 Å². The molecule has 2 N–H and O–H groups in total. The van der Waals surface area contributed by atoms with E-state index in [9.17, 15) is 0 Å². The van der Waals surface area contributed by atoms with Gasteiger partial charge in [0.1, 0.15) is 5.52 Å². The predicted molar refractivity (Wildman–Crippen MR) is 130 cm³/mol. The molecule has 4 rings (SSSR count). The van der Waals surface area contributed by atoms with Crippen molar-refractivity contribution in [3.05, 3.63) is 96.9 Å². The molecule has 0 radical (unpaired) electrons. The molecule has 0 spiro atoms. The zero-order valence-corrected chi connectivity index (χ0v) is 18.0. The number of allylic oxidation sites excluding steroid dienone is 4. The van der Waals surface area contributed by atoms with Gasteiger partial charge in [-0.25, -0.2) is 9.97 Å². The van der Waals surface area contributed by atoms with Gasteiger partial charge in [-0.15, -0.1) is 0 Å². The quantitative estimate of drug-likeness (QED) is 0.313. The van der Waals surface area contributed by atoms with E-state index in [0.717, 1.165) is 45.0 Å². The summed E-state index contributed by atoms with van der Waals surface area (Å²) in [7, 11) is 0. The van der Waals surface area contributed by atoms with Crippen LogP contribution in [0.15, 0.2) is 79.1 Å². The average molecular weight is 422 g/mol. The highest BCUT2D eigenvalue weighted by atomic mass is 15.2. The molecule has 0 aliphatic carbocycles. The second kappa shape index (κ2) is 9.18. The van der Waals surface area contributed by atoms with Crippen LogP contribution in [0.3, 0.4) is 0 Å². The van der Waals surface area contributed by atoms with E-state index in [4.69, 9.17) is 9.97 Å². The molecule has 4 aromatic rings. The van der Waals surface area contributed by atoms with Gasteiger partial charge in [-0.05, 0) is 38.1 Å². The van der Waals surface area contributed by atoms with E-state index >= 15 is 0 Å². The maximum atomic E-state index is 4.85. The Morgan fingerprint density at radius 2 is 1.97 bits per heavy atom. The second-order valence-corrected chi connectivity index (χ2v) is 6.96. The molecular formula is C25H23N7. The minimum absolute atomic E-state index is 0.626. The Morgan fingerprint density at radius 1 is 1.09 bits per heavy atom. The summed E-state index contributed by atoms with van der Waals surface area (Å²) in [6.07, 6.45) is 10.6. The van der Waals surface area contributed by atoms with Crippen LogP contribution in [-0.2, 0) is 0 Å². The lowest BCUT2D eigenvalue weighted by Crippen LogP contribution is -1.94. The molecule has 32 heavy (non-hydrogen) atoms. The van der Waals surface area contributed by atoms with Crippen LogP contribution in [0.1, 0.15) is 29.7 Å². The topological polar surface area (TPSA) is 95.5 Å². The number of fused-ring (bicyclic) bond motifs is 1. The third-order valence-corrected chi connectivity index (χ3v) is 4.92. The fraction of sp³-hybridized carbons (Fsp3) is 0.0800. The highest BCUT2D eigenvalue weighted by molar-refractivity contribution is 6.09. The molecule has 0 bridgehead atoms. The molecule has 0 aliphatic heterocycles. The Bertz CT molecular complexity index is 1370. The first-order chi connectivity index (χ1) is 15.7. The number of aromatic amines is 2. The van der Waals surface area contributed by atoms with Gasteiger partial charge in [-0.2, -0.15) is 5.10 Å². The van der Waals surface area contributed by atoms with Crippen molar-refractivity contribution in [1.82, 2.24) is 30.1 Å². The van der Waals surface area contributed by atoms with Gasteiger partial charge in [0.15, 0.2) is 11.5 Å². The first-order valence-corrected chi connectivity index (χ1v) is 10.1. The number of nitrogens with zero attached hydrogens (tertiary/aromatic N) is 5. The number of aliphatic imine (C=N–C) groups is 1. The number of aryl methyl sites for hydroxylation is 1. The van der Waals surface area contributed by atoms with Crippen molar-refractivity contribution in [2.45, 2.75) is 13.8 Å². The smallest absolute Gasteiger partial charge is 0.161 e. The Hall–Kier alpha value is -4.39. The monoisotopic (exact) mass is 421 g/mol. The Kier molecular flexibility index (Phi) is 5.98. The van der Waals surface area contributed by atoms with Crippen LogP contribution in [0.25, 0.3) is 33.7 Å². The van der Waals surface area contributed by atoms with E-state index < -0.39 is 0 Å². The van der Waals surface area contributed by atoms with E-state index in [1.165, 1.54) is 6.20 Å². The number of hydrogen-bond donors (Lipinski definition) is 2. The summed E-state index contributed by atoms with van der Waals surface area (Å²) in [6, 6.07) is 9.66. The number of imidazole rings is 1. The third kappa shape index (κ3) is 3.96. The first-order valence-electron chi connectivity index (χ1n) is 10.1. The zero-order valence-electron chi connectivity index (χ0n) is 18.0. The number of nitrogens with one attached hydrogen (secondary N) is 2. The van der Waals surface area contributed by atoms with Gasteiger partial charge in [0, 0.05) is 35.5 Å². The molecule has 0 atom stereocenters. The average Bonchev–Trinajstić information content (AvgIpc) is 3.41. The molecule has 0 amide bonds. The normalized spacial score (nSPS) is 12.6. The molecular weight excluding hydrogens is 398 g/mol. The molecule has 0 aromatic carbocycles. The summed E-state index contributed by atoms with van der Waals surface area (Å²) in [5.74, 6) is 0.626. The van der Waals surface area contributed by atoms with Crippen molar-refractivity contribution in [3.63, 3.8) is 0 Å². The van der Waals surface area contributed by atoms with Gasteiger partial charge in [0.25, 0.3) is 0 Å². The summed E-state index contributed by atoms with van der Waals surface area (Å²) in [6.45, 7) is 11.4. The number of hydrogen-bond acceptors (Lipinski definition) is 5. The summed E-state index contributed by atoms with van der Waals surface area (Å²) >= 11 is 0.